The minimum absolute atomic E-state index is 0.143. The molecule has 1 aliphatic rings. The zero-order chi connectivity index (χ0) is 15.0. The van der Waals surface area contributed by atoms with Gasteiger partial charge in [-0.15, -0.1) is 0 Å². The highest BCUT2D eigenvalue weighted by Gasteiger charge is 2.24. The number of fused-ring (bicyclic) bond motifs is 1. The Morgan fingerprint density at radius 1 is 1.43 bits per heavy atom. The lowest BCUT2D eigenvalue weighted by Gasteiger charge is -2.15. The van der Waals surface area contributed by atoms with Crippen LogP contribution in [0.25, 0.3) is 5.52 Å². The van der Waals surface area contributed by atoms with E-state index in [9.17, 15) is 14.9 Å². The van der Waals surface area contributed by atoms with Gasteiger partial charge in [-0.3, -0.25) is 4.79 Å². The molecule has 2 heterocycles. The number of rotatable bonds is 4. The summed E-state index contributed by atoms with van der Waals surface area (Å²) in [6.07, 6.45) is 5.56. The maximum absolute atomic E-state index is 11.6. The fourth-order valence-electron chi connectivity index (χ4n) is 2.80. The first-order valence-electron chi connectivity index (χ1n) is 6.79. The Morgan fingerprint density at radius 2 is 2.14 bits per heavy atom. The van der Waals surface area contributed by atoms with Gasteiger partial charge in [-0.2, -0.15) is 0 Å². The van der Waals surface area contributed by atoms with Gasteiger partial charge in [0.15, 0.2) is 5.52 Å². The van der Waals surface area contributed by atoms with Gasteiger partial charge in [0.2, 0.25) is 0 Å². The average molecular weight is 289 g/mol. The molecule has 110 valence electrons. The van der Waals surface area contributed by atoms with Crippen LogP contribution in [0.15, 0.2) is 18.3 Å². The van der Waals surface area contributed by atoms with E-state index in [0.29, 0.717) is 11.2 Å². The van der Waals surface area contributed by atoms with Crippen LogP contribution in [0.3, 0.4) is 0 Å². The van der Waals surface area contributed by atoms with Crippen molar-refractivity contribution in [3.05, 3.63) is 34.0 Å². The van der Waals surface area contributed by atoms with Crippen molar-refractivity contribution in [2.24, 2.45) is 5.73 Å². The molecule has 0 unspecified atom stereocenters. The molecule has 2 aromatic rings. The fraction of sp³-hybridized carbons (Fsp3) is 0.385. The van der Waals surface area contributed by atoms with Crippen molar-refractivity contribution in [2.45, 2.75) is 31.7 Å². The van der Waals surface area contributed by atoms with Gasteiger partial charge in [0.05, 0.1) is 17.4 Å². The number of nitro groups is 1. The molecular formula is C13H15N5O3. The number of nitrogens with zero attached hydrogens (tertiary/aromatic N) is 3. The van der Waals surface area contributed by atoms with E-state index in [0.717, 1.165) is 25.7 Å². The second kappa shape index (κ2) is 5.04. The van der Waals surface area contributed by atoms with Crippen LogP contribution in [0.1, 0.15) is 36.0 Å². The molecule has 1 amide bonds. The molecule has 0 spiro atoms. The number of hydrogen-bond donors (Lipinski definition) is 2. The average Bonchev–Trinajstić information content (AvgIpc) is 3.06. The van der Waals surface area contributed by atoms with Gasteiger partial charge >= 0.3 is 5.82 Å². The number of hydrogen-bond acceptors (Lipinski definition) is 5. The largest absolute Gasteiger partial charge is 0.378 e. The van der Waals surface area contributed by atoms with Gasteiger partial charge < -0.3 is 21.2 Å². The van der Waals surface area contributed by atoms with Crippen molar-refractivity contribution in [1.29, 1.82) is 0 Å². The normalized spacial score (nSPS) is 15.4. The van der Waals surface area contributed by atoms with Gasteiger partial charge in [0.1, 0.15) is 0 Å². The van der Waals surface area contributed by atoms with Crippen molar-refractivity contribution >= 4 is 22.9 Å². The molecule has 8 heteroatoms. The molecule has 0 radical (unpaired) electrons. The van der Waals surface area contributed by atoms with Gasteiger partial charge in [0.25, 0.3) is 5.91 Å². The molecule has 1 fully saturated rings. The lowest BCUT2D eigenvalue weighted by Crippen LogP contribution is -2.21. The van der Waals surface area contributed by atoms with Crippen LogP contribution in [-0.4, -0.2) is 26.5 Å². The summed E-state index contributed by atoms with van der Waals surface area (Å²) in [4.78, 5) is 22.1. The molecule has 2 aromatic heterocycles. The van der Waals surface area contributed by atoms with Crippen molar-refractivity contribution in [2.75, 3.05) is 5.32 Å². The molecule has 0 bridgehead atoms. The Morgan fingerprint density at radius 3 is 2.76 bits per heavy atom. The summed E-state index contributed by atoms with van der Waals surface area (Å²) >= 11 is 0. The quantitative estimate of drug-likeness (QED) is 0.656. The standard InChI is InChI=1S/C13H15N5O3/c14-13(19)9-7-15-17-10(5-6-11(17)18(20)21)12(9)16-8-3-1-2-4-8/h5-8,16H,1-4H2,(H2,14,19). The number of nitrogens with two attached hydrogens (primary N) is 1. The topological polar surface area (TPSA) is 116 Å². The molecule has 3 N–H and O–H groups in total. The third-order valence-corrected chi connectivity index (χ3v) is 3.82. The zero-order valence-corrected chi connectivity index (χ0v) is 11.3. The highest BCUT2D eigenvalue weighted by Crippen LogP contribution is 2.29. The second-order valence-corrected chi connectivity index (χ2v) is 5.17. The number of nitrogens with one attached hydrogen (secondary N) is 1. The van der Waals surface area contributed by atoms with Crippen LogP contribution in [0.4, 0.5) is 11.5 Å². The Labute approximate surface area is 120 Å². The van der Waals surface area contributed by atoms with Crippen molar-refractivity contribution < 1.29 is 9.72 Å². The number of carbonyl (C=O) groups excluding carboxylic acids is 1. The van der Waals surface area contributed by atoms with Gasteiger partial charge in [-0.1, -0.05) is 22.5 Å². The van der Waals surface area contributed by atoms with Crippen LogP contribution in [0.5, 0.6) is 0 Å². The monoisotopic (exact) mass is 289 g/mol. The highest BCUT2D eigenvalue weighted by molar-refractivity contribution is 6.02. The highest BCUT2D eigenvalue weighted by atomic mass is 16.6. The summed E-state index contributed by atoms with van der Waals surface area (Å²) in [5.74, 6) is -0.746. The molecule has 8 nitrogen and oxygen atoms in total. The molecule has 21 heavy (non-hydrogen) atoms. The van der Waals surface area contributed by atoms with E-state index in [1.807, 2.05) is 0 Å². The van der Waals surface area contributed by atoms with Crippen LogP contribution < -0.4 is 11.1 Å². The van der Waals surface area contributed by atoms with Gasteiger partial charge in [-0.25, -0.2) is 0 Å². The lowest BCUT2D eigenvalue weighted by atomic mass is 10.1. The Kier molecular flexibility index (Phi) is 3.20. The lowest BCUT2D eigenvalue weighted by molar-refractivity contribution is -0.390. The first kappa shape index (κ1) is 13.3. The van der Waals surface area contributed by atoms with E-state index in [1.165, 1.54) is 16.8 Å². The van der Waals surface area contributed by atoms with Crippen LogP contribution in [0, 0.1) is 10.1 Å². The summed E-state index contributed by atoms with van der Waals surface area (Å²) in [5.41, 5.74) is 6.65. The van der Waals surface area contributed by atoms with E-state index >= 15 is 0 Å². The van der Waals surface area contributed by atoms with Crippen LogP contribution in [0.2, 0.25) is 0 Å². The minimum atomic E-state index is -0.602. The number of primary amides is 1. The molecule has 0 saturated heterocycles. The van der Waals surface area contributed by atoms with E-state index in [-0.39, 0.29) is 17.4 Å². The minimum Gasteiger partial charge on any atom is -0.378 e. The fourth-order valence-corrected chi connectivity index (χ4v) is 2.80. The van der Waals surface area contributed by atoms with Crippen molar-refractivity contribution in [3.63, 3.8) is 0 Å². The SMILES string of the molecule is NC(=O)c1cnn2c([N+](=O)[O-])ccc2c1NC1CCCC1. The Bertz CT molecular complexity index is 718. The molecule has 0 aromatic carbocycles. The van der Waals surface area contributed by atoms with Crippen molar-refractivity contribution in [1.82, 2.24) is 9.61 Å². The van der Waals surface area contributed by atoms with Crippen molar-refractivity contribution in [3.8, 4) is 0 Å². The molecular weight excluding hydrogens is 274 g/mol. The predicted octanol–water partition coefficient (Wildman–Crippen LogP) is 1.70. The van der Waals surface area contributed by atoms with E-state index in [1.54, 1.807) is 6.07 Å². The van der Waals surface area contributed by atoms with Crippen LogP contribution in [-0.2, 0) is 0 Å². The predicted molar refractivity (Wildman–Crippen MR) is 76.2 cm³/mol. The van der Waals surface area contributed by atoms with Gasteiger partial charge in [-0.05, 0) is 23.8 Å². The molecule has 1 aliphatic carbocycles. The first-order valence-corrected chi connectivity index (χ1v) is 6.79. The Balaban J connectivity index is 2.13. The van der Waals surface area contributed by atoms with Gasteiger partial charge in [0, 0.05) is 12.1 Å². The molecule has 0 atom stereocenters. The number of anilines is 1. The smallest absolute Gasteiger partial charge is 0.348 e. The summed E-state index contributed by atoms with van der Waals surface area (Å²) < 4.78 is 1.21. The Hall–Kier alpha value is -2.64. The molecule has 3 rings (SSSR count). The number of carbonyl (C=O) groups is 1. The number of amides is 1. The van der Waals surface area contributed by atoms with E-state index < -0.39 is 10.8 Å². The summed E-state index contributed by atoms with van der Waals surface area (Å²) in [6, 6.07) is 3.20. The summed E-state index contributed by atoms with van der Waals surface area (Å²) in [6.45, 7) is 0. The summed E-state index contributed by atoms with van der Waals surface area (Å²) in [5, 5.41) is 18.2. The maximum Gasteiger partial charge on any atom is 0.348 e. The third-order valence-electron chi connectivity index (χ3n) is 3.82. The van der Waals surface area contributed by atoms with E-state index in [2.05, 4.69) is 10.4 Å². The van der Waals surface area contributed by atoms with Crippen LogP contribution >= 0.6 is 0 Å². The van der Waals surface area contributed by atoms with E-state index in [4.69, 9.17) is 5.73 Å². The third kappa shape index (κ3) is 2.28. The molecule has 1 saturated carbocycles. The summed E-state index contributed by atoms with van der Waals surface area (Å²) in [7, 11) is 0. The zero-order valence-electron chi connectivity index (χ0n) is 11.3. The maximum atomic E-state index is 11.6. The second-order valence-electron chi connectivity index (χ2n) is 5.17. The number of aromatic nitrogens is 2. The molecule has 0 aliphatic heterocycles. The first-order chi connectivity index (χ1) is 10.1.